The highest BCUT2D eigenvalue weighted by molar-refractivity contribution is 6.03. The molecule has 7 nitrogen and oxygen atoms in total. The predicted molar refractivity (Wildman–Crippen MR) is 119 cm³/mol. The molecule has 0 fully saturated rings. The van der Waals surface area contributed by atoms with Gasteiger partial charge in [-0.05, 0) is 53.6 Å². The highest BCUT2D eigenvalue weighted by Gasteiger charge is 2.30. The van der Waals surface area contributed by atoms with Crippen LogP contribution in [-0.4, -0.2) is 33.1 Å². The minimum atomic E-state index is -4.44. The molecule has 10 heteroatoms. The monoisotopic (exact) mass is 465 g/mol. The number of amides is 2. The van der Waals surface area contributed by atoms with Crippen molar-refractivity contribution < 1.29 is 22.8 Å². The summed E-state index contributed by atoms with van der Waals surface area (Å²) < 4.78 is 40.1. The van der Waals surface area contributed by atoms with Crippen molar-refractivity contribution >= 4 is 17.5 Å². The highest BCUT2D eigenvalue weighted by Crippen LogP contribution is 2.31. The van der Waals surface area contributed by atoms with Gasteiger partial charge in [0.05, 0.1) is 17.8 Å². The summed E-state index contributed by atoms with van der Waals surface area (Å²) in [4.78, 5) is 28.9. The summed E-state index contributed by atoms with van der Waals surface area (Å²) in [6.07, 6.45) is -1.49. The lowest BCUT2D eigenvalue weighted by molar-refractivity contribution is -0.137. The SMILES string of the molecule is O=C(CNC(=O)c1ccccc1-c1ccc(C(F)(F)F)cc1)Nc1ccc(-n2cncn2)cc1. The van der Waals surface area contributed by atoms with Crippen LogP contribution in [0.5, 0.6) is 0 Å². The van der Waals surface area contributed by atoms with E-state index in [1.54, 1.807) is 59.5 Å². The van der Waals surface area contributed by atoms with Crippen molar-refractivity contribution in [1.82, 2.24) is 20.1 Å². The minimum Gasteiger partial charge on any atom is -0.343 e. The third-order valence-corrected chi connectivity index (χ3v) is 4.94. The molecule has 4 aromatic rings. The molecule has 0 aliphatic rings. The molecule has 0 aliphatic carbocycles. The van der Waals surface area contributed by atoms with E-state index in [0.29, 0.717) is 16.8 Å². The molecule has 4 rings (SSSR count). The van der Waals surface area contributed by atoms with Crippen LogP contribution in [-0.2, 0) is 11.0 Å². The Bertz CT molecular complexity index is 1290. The van der Waals surface area contributed by atoms with E-state index in [-0.39, 0.29) is 12.1 Å². The van der Waals surface area contributed by atoms with Crippen LogP contribution in [0, 0.1) is 0 Å². The molecule has 0 saturated carbocycles. The largest absolute Gasteiger partial charge is 0.416 e. The average Bonchev–Trinajstić information content (AvgIpc) is 3.38. The zero-order valence-electron chi connectivity index (χ0n) is 17.6. The van der Waals surface area contributed by atoms with Gasteiger partial charge in [-0.25, -0.2) is 9.67 Å². The van der Waals surface area contributed by atoms with Crippen LogP contribution >= 0.6 is 0 Å². The van der Waals surface area contributed by atoms with E-state index >= 15 is 0 Å². The fraction of sp³-hybridized carbons (Fsp3) is 0.0833. The molecule has 0 radical (unpaired) electrons. The van der Waals surface area contributed by atoms with E-state index < -0.39 is 23.6 Å². The number of halogens is 3. The standard InChI is InChI=1S/C24H18F3N5O2/c25-24(26,27)17-7-5-16(6-8-17)20-3-1-2-4-21(20)23(34)29-13-22(33)31-18-9-11-19(12-10-18)32-15-28-14-30-32/h1-12,14-15H,13H2,(H,29,34)(H,31,33). The predicted octanol–water partition coefficient (Wildman–Crippen LogP) is 4.32. The number of rotatable bonds is 6. The third kappa shape index (κ3) is 5.29. The topological polar surface area (TPSA) is 88.9 Å². The minimum absolute atomic E-state index is 0.243. The number of nitrogens with one attached hydrogen (secondary N) is 2. The molecule has 2 amide bonds. The van der Waals surface area contributed by atoms with Gasteiger partial charge in [-0.15, -0.1) is 0 Å². The fourth-order valence-corrected chi connectivity index (χ4v) is 3.27. The molecule has 0 saturated heterocycles. The molecule has 0 aliphatic heterocycles. The van der Waals surface area contributed by atoms with E-state index in [1.165, 1.54) is 18.5 Å². The van der Waals surface area contributed by atoms with E-state index in [2.05, 4.69) is 20.7 Å². The number of hydrogen-bond acceptors (Lipinski definition) is 4. The summed E-state index contributed by atoms with van der Waals surface area (Å²) in [6.45, 7) is -0.287. The van der Waals surface area contributed by atoms with E-state index in [9.17, 15) is 22.8 Å². The number of benzene rings is 3. The molecule has 0 spiro atoms. The molecule has 172 valence electrons. The Labute approximate surface area is 192 Å². The lowest BCUT2D eigenvalue weighted by atomic mass is 9.98. The summed E-state index contributed by atoms with van der Waals surface area (Å²) >= 11 is 0. The van der Waals surface area contributed by atoms with Crippen LogP contribution in [0.15, 0.2) is 85.5 Å². The highest BCUT2D eigenvalue weighted by atomic mass is 19.4. The maximum Gasteiger partial charge on any atom is 0.416 e. The van der Waals surface area contributed by atoms with Gasteiger partial charge < -0.3 is 10.6 Å². The molecular formula is C24H18F3N5O2. The molecule has 1 aromatic heterocycles. The van der Waals surface area contributed by atoms with Gasteiger partial charge >= 0.3 is 6.18 Å². The Balaban J connectivity index is 1.39. The van der Waals surface area contributed by atoms with Crippen molar-refractivity contribution in [2.75, 3.05) is 11.9 Å². The first-order valence-electron chi connectivity index (χ1n) is 10.1. The van der Waals surface area contributed by atoms with Crippen molar-refractivity contribution in [1.29, 1.82) is 0 Å². The Kier molecular flexibility index (Phi) is 6.39. The lowest BCUT2D eigenvalue weighted by Crippen LogP contribution is -2.33. The maximum absolute atomic E-state index is 12.8. The molecule has 3 aromatic carbocycles. The zero-order chi connectivity index (χ0) is 24.1. The summed E-state index contributed by atoms with van der Waals surface area (Å²) in [7, 11) is 0. The maximum atomic E-state index is 12.8. The van der Waals surface area contributed by atoms with Gasteiger partial charge in [-0.3, -0.25) is 9.59 Å². The molecule has 1 heterocycles. The van der Waals surface area contributed by atoms with Crippen LogP contribution in [0.3, 0.4) is 0 Å². The van der Waals surface area contributed by atoms with Crippen molar-refractivity contribution in [3.63, 3.8) is 0 Å². The second kappa shape index (κ2) is 9.57. The normalized spacial score (nSPS) is 11.1. The van der Waals surface area contributed by atoms with Crippen molar-refractivity contribution in [3.8, 4) is 16.8 Å². The van der Waals surface area contributed by atoms with Gasteiger partial charge in [-0.2, -0.15) is 18.3 Å². The summed E-state index contributed by atoms with van der Waals surface area (Å²) in [6, 6.07) is 17.9. The first kappa shape index (κ1) is 22.7. The van der Waals surface area contributed by atoms with E-state index in [1.807, 2.05) is 0 Å². The van der Waals surface area contributed by atoms with Gasteiger partial charge in [0.25, 0.3) is 5.91 Å². The van der Waals surface area contributed by atoms with Gasteiger partial charge in [0.1, 0.15) is 12.7 Å². The summed E-state index contributed by atoms with van der Waals surface area (Å²) in [5.41, 5.74) is 1.68. The number of hydrogen-bond donors (Lipinski definition) is 2. The van der Waals surface area contributed by atoms with Crippen molar-refractivity contribution in [2.45, 2.75) is 6.18 Å². The smallest absolute Gasteiger partial charge is 0.343 e. The number of carbonyl (C=O) groups excluding carboxylic acids is 2. The van der Waals surface area contributed by atoms with Crippen LogP contribution in [0.1, 0.15) is 15.9 Å². The van der Waals surface area contributed by atoms with Gasteiger partial charge in [0, 0.05) is 11.3 Å². The molecule has 0 atom stereocenters. The van der Waals surface area contributed by atoms with Crippen LogP contribution in [0.25, 0.3) is 16.8 Å². The molecule has 34 heavy (non-hydrogen) atoms. The number of carbonyl (C=O) groups is 2. The Hall–Kier alpha value is -4.47. The molecule has 0 bridgehead atoms. The van der Waals surface area contributed by atoms with Crippen LogP contribution in [0.4, 0.5) is 18.9 Å². The lowest BCUT2D eigenvalue weighted by Gasteiger charge is -2.12. The number of alkyl halides is 3. The van der Waals surface area contributed by atoms with Crippen molar-refractivity contribution in [2.24, 2.45) is 0 Å². The Morgan fingerprint density at radius 1 is 0.912 bits per heavy atom. The van der Waals surface area contributed by atoms with E-state index in [0.717, 1.165) is 17.8 Å². The second-order valence-corrected chi connectivity index (χ2v) is 7.24. The third-order valence-electron chi connectivity index (χ3n) is 4.94. The molecule has 0 unspecified atom stereocenters. The van der Waals surface area contributed by atoms with Crippen molar-refractivity contribution in [3.05, 3.63) is 96.6 Å². The number of nitrogens with zero attached hydrogens (tertiary/aromatic N) is 3. The van der Waals surface area contributed by atoms with Gasteiger partial charge in [0.2, 0.25) is 5.91 Å². The fourth-order valence-electron chi connectivity index (χ4n) is 3.27. The Morgan fingerprint density at radius 3 is 2.26 bits per heavy atom. The quantitative estimate of drug-likeness (QED) is 0.444. The Morgan fingerprint density at radius 2 is 1.62 bits per heavy atom. The summed E-state index contributed by atoms with van der Waals surface area (Å²) in [5.74, 6) is -0.957. The average molecular weight is 465 g/mol. The van der Waals surface area contributed by atoms with E-state index in [4.69, 9.17) is 0 Å². The van der Waals surface area contributed by atoms with Gasteiger partial charge in [0.15, 0.2) is 0 Å². The second-order valence-electron chi connectivity index (χ2n) is 7.24. The molecule has 2 N–H and O–H groups in total. The van der Waals surface area contributed by atoms with Gasteiger partial charge in [-0.1, -0.05) is 30.3 Å². The first-order chi connectivity index (χ1) is 16.3. The van der Waals surface area contributed by atoms with Crippen LogP contribution in [0.2, 0.25) is 0 Å². The first-order valence-corrected chi connectivity index (χ1v) is 10.1. The number of anilines is 1. The molecular weight excluding hydrogens is 447 g/mol. The summed E-state index contributed by atoms with van der Waals surface area (Å²) in [5, 5.41) is 9.25. The zero-order valence-corrected chi connectivity index (χ0v) is 17.6. The number of aromatic nitrogens is 3. The van der Waals surface area contributed by atoms with Crippen LogP contribution < -0.4 is 10.6 Å².